The molecule has 0 spiro atoms. The molecule has 0 aliphatic heterocycles. The predicted octanol–water partition coefficient (Wildman–Crippen LogP) is 6.62. The van der Waals surface area contributed by atoms with Crippen molar-refractivity contribution in [1.82, 2.24) is 0 Å². The average Bonchev–Trinajstić information content (AvgIpc) is 2.89. The number of halogens is 2. The minimum atomic E-state index is 0.922. The van der Waals surface area contributed by atoms with Crippen LogP contribution in [0, 0.1) is 3.57 Å². The first-order valence-electron chi connectivity index (χ1n) is 6.60. The Kier molecular flexibility index (Phi) is 3.27. The SMILES string of the molecule is Brc1ccc(-c2ccc(I)cc2)c2oc3ccccc3c12. The highest BCUT2D eigenvalue weighted by Crippen LogP contribution is 2.39. The van der Waals surface area contributed by atoms with Gasteiger partial charge in [0.2, 0.25) is 0 Å². The summed E-state index contributed by atoms with van der Waals surface area (Å²) in [7, 11) is 0. The van der Waals surface area contributed by atoms with Crippen LogP contribution in [-0.4, -0.2) is 0 Å². The minimum absolute atomic E-state index is 0.922. The lowest BCUT2D eigenvalue weighted by atomic mass is 10.0. The van der Waals surface area contributed by atoms with Crippen molar-refractivity contribution in [2.45, 2.75) is 0 Å². The van der Waals surface area contributed by atoms with Crippen molar-refractivity contribution >= 4 is 60.5 Å². The lowest BCUT2D eigenvalue weighted by Gasteiger charge is -2.04. The van der Waals surface area contributed by atoms with Crippen LogP contribution >= 0.6 is 38.5 Å². The molecule has 1 nitrogen and oxygen atoms in total. The van der Waals surface area contributed by atoms with Crippen molar-refractivity contribution in [2.24, 2.45) is 0 Å². The fourth-order valence-electron chi connectivity index (χ4n) is 2.64. The zero-order chi connectivity index (χ0) is 14.4. The molecule has 1 aromatic heterocycles. The standard InChI is InChI=1S/C18H10BrIO/c19-15-10-9-13(11-5-7-12(20)8-6-11)18-17(15)14-3-1-2-4-16(14)21-18/h1-10H. The Morgan fingerprint density at radius 3 is 2.43 bits per heavy atom. The number of fused-ring (bicyclic) bond motifs is 3. The maximum absolute atomic E-state index is 6.12. The van der Waals surface area contributed by atoms with E-state index in [1.807, 2.05) is 18.2 Å². The van der Waals surface area contributed by atoms with Crippen LogP contribution in [0.3, 0.4) is 0 Å². The fraction of sp³-hybridized carbons (Fsp3) is 0. The molecule has 4 aromatic rings. The number of hydrogen-bond donors (Lipinski definition) is 0. The van der Waals surface area contributed by atoms with Gasteiger partial charge in [0.05, 0.1) is 0 Å². The van der Waals surface area contributed by atoms with Crippen LogP contribution in [0.25, 0.3) is 33.1 Å². The second kappa shape index (κ2) is 5.14. The van der Waals surface area contributed by atoms with Crippen LogP contribution in [0.2, 0.25) is 0 Å². The molecule has 0 aliphatic carbocycles. The van der Waals surface area contributed by atoms with E-state index in [1.54, 1.807) is 0 Å². The van der Waals surface area contributed by atoms with E-state index in [9.17, 15) is 0 Å². The second-order valence-corrected chi connectivity index (χ2v) is 7.00. The molecule has 4 rings (SSSR count). The number of hydrogen-bond acceptors (Lipinski definition) is 1. The van der Waals surface area contributed by atoms with E-state index in [0.29, 0.717) is 0 Å². The van der Waals surface area contributed by atoms with E-state index in [-0.39, 0.29) is 0 Å². The van der Waals surface area contributed by atoms with Gasteiger partial charge in [-0.2, -0.15) is 0 Å². The predicted molar refractivity (Wildman–Crippen MR) is 99.6 cm³/mol. The highest BCUT2D eigenvalue weighted by molar-refractivity contribution is 14.1. The van der Waals surface area contributed by atoms with Gasteiger partial charge in [0.15, 0.2) is 0 Å². The quantitative estimate of drug-likeness (QED) is 0.298. The second-order valence-electron chi connectivity index (χ2n) is 4.90. The third-order valence-electron chi connectivity index (χ3n) is 3.63. The van der Waals surface area contributed by atoms with E-state index >= 15 is 0 Å². The molecule has 3 aromatic carbocycles. The summed E-state index contributed by atoms with van der Waals surface area (Å²) in [6, 6.07) is 20.9. The Morgan fingerprint density at radius 1 is 0.857 bits per heavy atom. The van der Waals surface area contributed by atoms with E-state index < -0.39 is 0 Å². The number of furan rings is 1. The molecule has 3 heteroatoms. The summed E-state index contributed by atoms with van der Waals surface area (Å²) < 4.78 is 8.41. The van der Waals surface area contributed by atoms with E-state index in [1.165, 1.54) is 9.13 Å². The zero-order valence-electron chi connectivity index (χ0n) is 10.9. The largest absolute Gasteiger partial charge is 0.455 e. The fourth-order valence-corrected chi connectivity index (χ4v) is 3.53. The Hall–Kier alpha value is -1.33. The summed E-state index contributed by atoms with van der Waals surface area (Å²) in [4.78, 5) is 0. The normalized spacial score (nSPS) is 11.3. The van der Waals surface area contributed by atoms with Gasteiger partial charge < -0.3 is 4.42 Å². The third kappa shape index (κ3) is 2.19. The van der Waals surface area contributed by atoms with Crippen LogP contribution in [-0.2, 0) is 0 Å². The van der Waals surface area contributed by atoms with Gasteiger partial charge in [-0.3, -0.25) is 0 Å². The lowest BCUT2D eigenvalue weighted by molar-refractivity contribution is 0.670. The van der Waals surface area contributed by atoms with Gasteiger partial charge in [0.1, 0.15) is 11.2 Å². The van der Waals surface area contributed by atoms with Crippen molar-refractivity contribution < 1.29 is 4.42 Å². The Balaban J connectivity index is 2.11. The first-order valence-corrected chi connectivity index (χ1v) is 8.47. The molecule has 21 heavy (non-hydrogen) atoms. The van der Waals surface area contributed by atoms with Gasteiger partial charge in [-0.25, -0.2) is 0 Å². The maximum atomic E-state index is 6.12. The van der Waals surface area contributed by atoms with Crippen molar-refractivity contribution in [1.29, 1.82) is 0 Å². The first kappa shape index (κ1) is 13.3. The molecule has 0 aliphatic rings. The summed E-state index contributed by atoms with van der Waals surface area (Å²) in [6.45, 7) is 0. The molecule has 0 saturated heterocycles. The summed E-state index contributed by atoms with van der Waals surface area (Å²) in [6.07, 6.45) is 0. The molecule has 0 fully saturated rings. The number of para-hydroxylation sites is 1. The third-order valence-corrected chi connectivity index (χ3v) is 5.01. The van der Waals surface area contributed by atoms with Crippen molar-refractivity contribution in [3.05, 3.63) is 68.7 Å². The van der Waals surface area contributed by atoms with E-state index in [4.69, 9.17) is 4.42 Å². The summed E-state index contributed by atoms with van der Waals surface area (Å²) >= 11 is 5.97. The van der Waals surface area contributed by atoms with Crippen molar-refractivity contribution in [2.75, 3.05) is 0 Å². The highest BCUT2D eigenvalue weighted by atomic mass is 127. The van der Waals surface area contributed by atoms with Gasteiger partial charge in [0.25, 0.3) is 0 Å². The van der Waals surface area contributed by atoms with Gasteiger partial charge in [-0.05, 0) is 58.5 Å². The molecule has 0 bridgehead atoms. The molecule has 0 atom stereocenters. The molecule has 0 radical (unpaired) electrons. The molecule has 0 amide bonds. The summed E-state index contributed by atoms with van der Waals surface area (Å²) in [5, 5.41) is 2.29. The van der Waals surface area contributed by atoms with Gasteiger partial charge in [-0.15, -0.1) is 0 Å². The highest BCUT2D eigenvalue weighted by Gasteiger charge is 2.14. The topological polar surface area (TPSA) is 13.1 Å². The molecular formula is C18H10BrIO. The molecule has 1 heterocycles. The Bertz CT molecular complexity index is 954. The smallest absolute Gasteiger partial charge is 0.144 e. The molecule has 0 N–H and O–H groups in total. The van der Waals surface area contributed by atoms with Crippen LogP contribution in [0.1, 0.15) is 0 Å². The summed E-state index contributed by atoms with van der Waals surface area (Å²) in [5.41, 5.74) is 4.16. The molecular weight excluding hydrogens is 439 g/mol. The van der Waals surface area contributed by atoms with Crippen LogP contribution in [0.5, 0.6) is 0 Å². The van der Waals surface area contributed by atoms with E-state index in [0.717, 1.165) is 32.0 Å². The minimum Gasteiger partial charge on any atom is -0.455 e. The first-order chi connectivity index (χ1) is 10.2. The van der Waals surface area contributed by atoms with E-state index in [2.05, 4.69) is 81.0 Å². The Morgan fingerprint density at radius 2 is 1.62 bits per heavy atom. The van der Waals surface area contributed by atoms with Crippen molar-refractivity contribution in [3.8, 4) is 11.1 Å². The lowest BCUT2D eigenvalue weighted by Crippen LogP contribution is -1.80. The number of rotatable bonds is 1. The average molecular weight is 449 g/mol. The van der Waals surface area contributed by atoms with Crippen LogP contribution in [0.15, 0.2) is 69.6 Å². The van der Waals surface area contributed by atoms with Crippen LogP contribution in [0.4, 0.5) is 0 Å². The van der Waals surface area contributed by atoms with Gasteiger partial charge in [0, 0.05) is 24.4 Å². The maximum Gasteiger partial charge on any atom is 0.144 e. The molecule has 102 valence electrons. The van der Waals surface area contributed by atoms with Crippen molar-refractivity contribution in [3.63, 3.8) is 0 Å². The Labute approximate surface area is 144 Å². The van der Waals surface area contributed by atoms with Gasteiger partial charge >= 0.3 is 0 Å². The van der Waals surface area contributed by atoms with Crippen LogP contribution < -0.4 is 0 Å². The zero-order valence-corrected chi connectivity index (χ0v) is 14.7. The summed E-state index contributed by atoms with van der Waals surface area (Å²) in [5.74, 6) is 0. The number of benzene rings is 3. The molecule has 0 saturated carbocycles. The molecule has 0 unspecified atom stereocenters. The van der Waals surface area contributed by atoms with Gasteiger partial charge in [-0.1, -0.05) is 46.3 Å². The monoisotopic (exact) mass is 448 g/mol.